The summed E-state index contributed by atoms with van der Waals surface area (Å²) in [5.74, 6) is 0.0247. The van der Waals surface area contributed by atoms with Crippen molar-refractivity contribution in [3.05, 3.63) is 28.0 Å². The minimum absolute atomic E-state index is 0.0315. The monoisotopic (exact) mass is 327 g/mol. The van der Waals surface area contributed by atoms with Gasteiger partial charge in [-0.25, -0.2) is 4.98 Å². The summed E-state index contributed by atoms with van der Waals surface area (Å²) in [5.41, 5.74) is 0.477. The fourth-order valence-corrected chi connectivity index (χ4v) is 3.28. The van der Waals surface area contributed by atoms with Crippen LogP contribution in [-0.4, -0.2) is 41.3 Å². The van der Waals surface area contributed by atoms with E-state index in [2.05, 4.69) is 10.3 Å². The zero-order valence-electron chi connectivity index (χ0n) is 11.4. The molecule has 0 bridgehead atoms. The molecule has 0 radical (unpaired) electrons. The van der Waals surface area contributed by atoms with E-state index in [9.17, 15) is 9.59 Å². The third kappa shape index (κ3) is 2.85. The first-order valence-corrected chi connectivity index (χ1v) is 7.62. The van der Waals surface area contributed by atoms with Gasteiger partial charge in [-0.3, -0.25) is 9.59 Å². The van der Waals surface area contributed by atoms with Crippen molar-refractivity contribution in [3.63, 3.8) is 0 Å². The number of carbonyl (C=O) groups excluding carboxylic acids is 2. The number of hydrogen-bond donors (Lipinski definition) is 1. The summed E-state index contributed by atoms with van der Waals surface area (Å²) in [4.78, 5) is 29.5. The number of aromatic nitrogens is 1. The molecular formula is C14H15Cl2N3O2. The Hall–Kier alpha value is -1.33. The fourth-order valence-electron chi connectivity index (χ4n) is 3.01. The van der Waals surface area contributed by atoms with Crippen LogP contribution in [0, 0.1) is 5.41 Å². The number of rotatable bonds is 1. The minimum atomic E-state index is -0.0896. The smallest absolute Gasteiger partial charge is 0.255 e. The zero-order valence-corrected chi connectivity index (χ0v) is 12.9. The van der Waals surface area contributed by atoms with E-state index in [1.165, 1.54) is 6.20 Å². The van der Waals surface area contributed by atoms with Crippen LogP contribution in [0.2, 0.25) is 10.2 Å². The van der Waals surface area contributed by atoms with Crippen LogP contribution in [0.4, 0.5) is 0 Å². The Balaban J connectivity index is 1.67. The van der Waals surface area contributed by atoms with E-state index < -0.39 is 0 Å². The van der Waals surface area contributed by atoms with Crippen LogP contribution in [0.3, 0.4) is 0 Å². The van der Waals surface area contributed by atoms with Gasteiger partial charge in [0.05, 0.1) is 10.6 Å². The molecule has 2 fully saturated rings. The Bertz CT molecular complexity index is 598. The quantitative estimate of drug-likeness (QED) is 0.804. The minimum Gasteiger partial charge on any atom is -0.356 e. The highest BCUT2D eigenvalue weighted by atomic mass is 35.5. The van der Waals surface area contributed by atoms with Crippen LogP contribution < -0.4 is 5.32 Å². The second kappa shape index (κ2) is 5.46. The van der Waals surface area contributed by atoms with Crippen molar-refractivity contribution in [3.8, 4) is 0 Å². The van der Waals surface area contributed by atoms with E-state index in [0.29, 0.717) is 25.1 Å². The molecule has 0 saturated carbocycles. The molecule has 0 atom stereocenters. The molecule has 112 valence electrons. The molecule has 0 unspecified atom stereocenters. The van der Waals surface area contributed by atoms with E-state index in [1.807, 2.05) is 0 Å². The Labute approximate surface area is 132 Å². The standard InChI is InChI=1S/C14H15Cl2N3O2/c15-10-5-9(7-17-12(10)16)13(21)19-3-1-14(2-4-19)6-11(20)18-8-14/h5,7H,1-4,6,8H2,(H,18,20). The zero-order chi connectivity index (χ0) is 15.0. The fraction of sp³-hybridized carbons (Fsp3) is 0.500. The number of halogens is 2. The van der Waals surface area contributed by atoms with Gasteiger partial charge in [0.2, 0.25) is 5.91 Å². The maximum absolute atomic E-state index is 12.4. The second-order valence-electron chi connectivity index (χ2n) is 5.74. The van der Waals surface area contributed by atoms with Crippen molar-refractivity contribution in [2.24, 2.45) is 5.41 Å². The van der Waals surface area contributed by atoms with Crippen LogP contribution in [0.25, 0.3) is 0 Å². The van der Waals surface area contributed by atoms with Crippen LogP contribution in [-0.2, 0) is 4.79 Å². The molecule has 1 N–H and O–H groups in total. The Morgan fingerprint density at radius 1 is 1.33 bits per heavy atom. The van der Waals surface area contributed by atoms with E-state index in [4.69, 9.17) is 23.2 Å². The molecule has 2 aliphatic rings. The predicted molar refractivity (Wildman–Crippen MR) is 79.5 cm³/mol. The number of likely N-dealkylation sites (tertiary alicyclic amines) is 1. The van der Waals surface area contributed by atoms with Crippen LogP contribution >= 0.6 is 23.2 Å². The van der Waals surface area contributed by atoms with Gasteiger partial charge in [-0.1, -0.05) is 23.2 Å². The maximum Gasteiger partial charge on any atom is 0.255 e. The Morgan fingerprint density at radius 3 is 2.62 bits per heavy atom. The van der Waals surface area contributed by atoms with Gasteiger partial charge in [0.15, 0.2) is 0 Å². The first kappa shape index (κ1) is 14.6. The Morgan fingerprint density at radius 2 is 2.05 bits per heavy atom. The second-order valence-corrected chi connectivity index (χ2v) is 6.51. The predicted octanol–water partition coefficient (Wildman–Crippen LogP) is 2.13. The van der Waals surface area contributed by atoms with Gasteiger partial charge in [-0.15, -0.1) is 0 Å². The topological polar surface area (TPSA) is 62.3 Å². The highest BCUT2D eigenvalue weighted by Gasteiger charge is 2.41. The summed E-state index contributed by atoms with van der Waals surface area (Å²) >= 11 is 11.7. The molecule has 2 amide bonds. The number of hydrogen-bond acceptors (Lipinski definition) is 3. The molecule has 1 aromatic rings. The maximum atomic E-state index is 12.4. The van der Waals surface area contributed by atoms with Crippen LogP contribution in [0.15, 0.2) is 12.3 Å². The van der Waals surface area contributed by atoms with Gasteiger partial charge in [-0.05, 0) is 24.3 Å². The molecular weight excluding hydrogens is 313 g/mol. The van der Waals surface area contributed by atoms with Gasteiger partial charge in [0.25, 0.3) is 5.91 Å². The molecule has 7 heteroatoms. The molecule has 1 spiro atoms. The first-order valence-electron chi connectivity index (χ1n) is 6.86. The highest BCUT2D eigenvalue weighted by Crippen LogP contribution is 2.37. The number of piperidine rings is 1. The van der Waals surface area contributed by atoms with Gasteiger partial charge in [0, 0.05) is 32.3 Å². The molecule has 0 aromatic carbocycles. The van der Waals surface area contributed by atoms with E-state index in [0.717, 1.165) is 19.4 Å². The molecule has 2 aliphatic heterocycles. The van der Waals surface area contributed by atoms with Crippen molar-refractivity contribution in [1.82, 2.24) is 15.2 Å². The average Bonchev–Trinajstić information content (AvgIpc) is 2.83. The molecule has 21 heavy (non-hydrogen) atoms. The first-order chi connectivity index (χ1) is 9.99. The van der Waals surface area contributed by atoms with Crippen LogP contribution in [0.1, 0.15) is 29.6 Å². The summed E-state index contributed by atoms with van der Waals surface area (Å²) in [5, 5.41) is 3.36. The molecule has 2 saturated heterocycles. The lowest BCUT2D eigenvalue weighted by atomic mass is 9.77. The number of pyridine rings is 1. The van der Waals surface area contributed by atoms with Crippen molar-refractivity contribution in [2.75, 3.05) is 19.6 Å². The number of nitrogens with one attached hydrogen (secondary N) is 1. The van der Waals surface area contributed by atoms with E-state index in [1.54, 1.807) is 11.0 Å². The van der Waals surface area contributed by atoms with Crippen molar-refractivity contribution in [1.29, 1.82) is 0 Å². The largest absolute Gasteiger partial charge is 0.356 e. The molecule has 5 nitrogen and oxygen atoms in total. The lowest BCUT2D eigenvalue weighted by Crippen LogP contribution is -2.44. The van der Waals surface area contributed by atoms with Crippen molar-refractivity contribution < 1.29 is 9.59 Å². The van der Waals surface area contributed by atoms with Gasteiger partial charge in [0.1, 0.15) is 5.15 Å². The highest BCUT2D eigenvalue weighted by molar-refractivity contribution is 6.41. The molecule has 0 aliphatic carbocycles. The summed E-state index contributed by atoms with van der Waals surface area (Å²) < 4.78 is 0. The van der Waals surface area contributed by atoms with Gasteiger partial charge < -0.3 is 10.2 Å². The van der Waals surface area contributed by atoms with Crippen molar-refractivity contribution in [2.45, 2.75) is 19.3 Å². The van der Waals surface area contributed by atoms with E-state index >= 15 is 0 Å². The third-order valence-electron chi connectivity index (χ3n) is 4.35. The SMILES string of the molecule is O=C1CC2(CCN(C(=O)c3cnc(Cl)c(Cl)c3)CC2)CN1. The summed E-state index contributed by atoms with van der Waals surface area (Å²) in [6.07, 6.45) is 3.70. The van der Waals surface area contributed by atoms with Gasteiger partial charge >= 0.3 is 0 Å². The summed E-state index contributed by atoms with van der Waals surface area (Å²) in [6, 6.07) is 1.55. The lowest BCUT2D eigenvalue weighted by Gasteiger charge is -2.38. The number of nitrogens with zero attached hydrogens (tertiary/aromatic N) is 2. The lowest BCUT2D eigenvalue weighted by molar-refractivity contribution is -0.119. The molecule has 3 rings (SSSR count). The molecule has 3 heterocycles. The van der Waals surface area contributed by atoms with Gasteiger partial charge in [-0.2, -0.15) is 0 Å². The number of amides is 2. The van der Waals surface area contributed by atoms with Crippen molar-refractivity contribution >= 4 is 35.0 Å². The Kier molecular flexibility index (Phi) is 3.80. The molecule has 1 aromatic heterocycles. The van der Waals surface area contributed by atoms with Crippen LogP contribution in [0.5, 0.6) is 0 Å². The average molecular weight is 328 g/mol. The van der Waals surface area contributed by atoms with E-state index in [-0.39, 0.29) is 27.4 Å². The normalized spacial score (nSPS) is 20.7. The third-order valence-corrected chi connectivity index (χ3v) is 5.04. The number of carbonyl (C=O) groups is 2. The summed E-state index contributed by atoms with van der Waals surface area (Å²) in [7, 11) is 0. The summed E-state index contributed by atoms with van der Waals surface area (Å²) in [6.45, 7) is 2.02.